The molecule has 5 nitrogen and oxygen atoms in total. The minimum absolute atomic E-state index is 0.00542. The molecule has 128 valence electrons. The highest BCUT2D eigenvalue weighted by Gasteiger charge is 2.12. The molecule has 0 aliphatic carbocycles. The molecular weight excluding hydrogens is 365 g/mol. The lowest BCUT2D eigenvalue weighted by Crippen LogP contribution is -2.21. The number of rotatable bonds is 4. The van der Waals surface area contributed by atoms with Crippen molar-refractivity contribution in [1.29, 1.82) is 0 Å². The van der Waals surface area contributed by atoms with Gasteiger partial charge in [-0.3, -0.25) is 14.2 Å². The molecule has 3 aromatic rings. The molecule has 0 bridgehead atoms. The zero-order valence-electron chi connectivity index (χ0n) is 13.1. The number of nitrogens with zero attached hydrogens (tertiary/aromatic N) is 2. The number of anilines is 1. The van der Waals surface area contributed by atoms with Crippen molar-refractivity contribution in [2.45, 2.75) is 5.16 Å². The van der Waals surface area contributed by atoms with E-state index in [1.807, 2.05) is 0 Å². The number of halogens is 2. The van der Waals surface area contributed by atoms with Gasteiger partial charge in [0.15, 0.2) is 5.16 Å². The minimum atomic E-state index is -0.494. The van der Waals surface area contributed by atoms with Gasteiger partial charge in [0.2, 0.25) is 5.91 Å². The Bertz CT molecular complexity index is 1020. The smallest absolute Gasteiger partial charge is 0.261 e. The molecule has 3 rings (SSSR count). The van der Waals surface area contributed by atoms with Crippen LogP contribution in [0.5, 0.6) is 0 Å². The molecule has 0 spiro atoms. The molecule has 1 heterocycles. The van der Waals surface area contributed by atoms with Crippen LogP contribution in [-0.2, 0) is 11.8 Å². The zero-order valence-corrected chi connectivity index (χ0v) is 14.7. The molecule has 0 saturated heterocycles. The number of fused-ring (bicyclic) bond motifs is 1. The Morgan fingerprint density at radius 2 is 2.08 bits per heavy atom. The van der Waals surface area contributed by atoms with Crippen LogP contribution in [0.25, 0.3) is 10.9 Å². The van der Waals surface area contributed by atoms with Gasteiger partial charge in [0.25, 0.3) is 5.56 Å². The first-order valence-corrected chi connectivity index (χ1v) is 8.65. The number of benzene rings is 2. The Labute approximate surface area is 151 Å². The first kappa shape index (κ1) is 17.4. The van der Waals surface area contributed by atoms with E-state index in [4.69, 9.17) is 11.6 Å². The van der Waals surface area contributed by atoms with E-state index in [0.29, 0.717) is 16.1 Å². The van der Waals surface area contributed by atoms with Gasteiger partial charge in [0.05, 0.1) is 27.4 Å². The largest absolute Gasteiger partial charge is 0.324 e. The predicted molar refractivity (Wildman–Crippen MR) is 97.7 cm³/mol. The molecule has 1 N–H and O–H groups in total. The summed E-state index contributed by atoms with van der Waals surface area (Å²) in [6.45, 7) is 0. The van der Waals surface area contributed by atoms with Crippen molar-refractivity contribution in [2.75, 3.05) is 11.1 Å². The summed E-state index contributed by atoms with van der Waals surface area (Å²) in [6.07, 6.45) is 0. The third-order valence-electron chi connectivity index (χ3n) is 3.48. The highest BCUT2D eigenvalue weighted by molar-refractivity contribution is 7.99. The summed E-state index contributed by atoms with van der Waals surface area (Å²) in [5, 5.41) is 3.73. The number of carbonyl (C=O) groups excluding carboxylic acids is 1. The van der Waals surface area contributed by atoms with Crippen molar-refractivity contribution < 1.29 is 9.18 Å². The maximum Gasteiger partial charge on any atom is 0.261 e. The maximum atomic E-state index is 13.2. The monoisotopic (exact) mass is 377 g/mol. The van der Waals surface area contributed by atoms with Crippen LogP contribution in [0, 0.1) is 5.82 Å². The van der Waals surface area contributed by atoms with E-state index in [1.54, 1.807) is 31.3 Å². The molecule has 25 heavy (non-hydrogen) atoms. The molecule has 0 atom stereocenters. The van der Waals surface area contributed by atoms with Gasteiger partial charge in [0.1, 0.15) is 5.82 Å². The van der Waals surface area contributed by atoms with Crippen molar-refractivity contribution >= 4 is 45.9 Å². The highest BCUT2D eigenvalue weighted by Crippen LogP contribution is 2.23. The minimum Gasteiger partial charge on any atom is -0.324 e. The van der Waals surface area contributed by atoms with Crippen LogP contribution in [0.1, 0.15) is 0 Å². The van der Waals surface area contributed by atoms with Gasteiger partial charge in [-0.2, -0.15) is 0 Å². The zero-order chi connectivity index (χ0) is 18.0. The second-order valence-corrected chi connectivity index (χ2v) is 6.59. The Balaban J connectivity index is 1.76. The summed E-state index contributed by atoms with van der Waals surface area (Å²) in [7, 11) is 1.60. The van der Waals surface area contributed by atoms with Gasteiger partial charge < -0.3 is 5.32 Å². The fourth-order valence-corrected chi connectivity index (χ4v) is 3.17. The topological polar surface area (TPSA) is 64.0 Å². The Hall–Kier alpha value is -2.38. The van der Waals surface area contributed by atoms with Crippen molar-refractivity contribution in [2.24, 2.45) is 7.05 Å². The van der Waals surface area contributed by atoms with Gasteiger partial charge in [0, 0.05) is 7.05 Å². The number of hydrogen-bond acceptors (Lipinski definition) is 4. The van der Waals surface area contributed by atoms with Crippen molar-refractivity contribution in [3.8, 4) is 0 Å². The van der Waals surface area contributed by atoms with E-state index in [1.165, 1.54) is 16.7 Å². The van der Waals surface area contributed by atoms with Crippen LogP contribution >= 0.6 is 23.4 Å². The quantitative estimate of drug-likeness (QED) is 0.558. The van der Waals surface area contributed by atoms with Crippen LogP contribution in [0.2, 0.25) is 5.02 Å². The van der Waals surface area contributed by atoms with E-state index in [-0.39, 0.29) is 27.9 Å². The Morgan fingerprint density at radius 3 is 2.88 bits per heavy atom. The lowest BCUT2D eigenvalue weighted by Gasteiger charge is -2.09. The van der Waals surface area contributed by atoms with Crippen LogP contribution in [-0.4, -0.2) is 21.2 Å². The maximum absolute atomic E-state index is 13.2. The van der Waals surface area contributed by atoms with E-state index in [2.05, 4.69) is 10.3 Å². The van der Waals surface area contributed by atoms with Gasteiger partial charge >= 0.3 is 0 Å². The summed E-state index contributed by atoms with van der Waals surface area (Å²) in [5.41, 5.74) is 0.594. The number of thioether (sulfide) groups is 1. The fourth-order valence-electron chi connectivity index (χ4n) is 2.24. The van der Waals surface area contributed by atoms with Gasteiger partial charge in [-0.15, -0.1) is 0 Å². The summed E-state index contributed by atoms with van der Waals surface area (Å²) in [5.74, 6) is -0.864. The molecule has 0 radical (unpaired) electrons. The Kier molecular flexibility index (Phi) is 5.06. The van der Waals surface area contributed by atoms with E-state index < -0.39 is 5.82 Å². The van der Waals surface area contributed by atoms with Crippen molar-refractivity contribution in [3.05, 3.63) is 63.7 Å². The van der Waals surface area contributed by atoms with Gasteiger partial charge in [-0.1, -0.05) is 35.5 Å². The number of para-hydroxylation sites is 1. The highest BCUT2D eigenvalue weighted by atomic mass is 35.5. The third kappa shape index (κ3) is 3.83. The number of nitrogens with one attached hydrogen (secondary N) is 1. The van der Waals surface area contributed by atoms with Crippen LogP contribution in [0.3, 0.4) is 0 Å². The number of hydrogen-bond donors (Lipinski definition) is 1. The molecule has 0 aliphatic heterocycles. The SMILES string of the molecule is Cn1c(SCC(=O)Nc2cc(F)ccc2Cl)nc2ccccc2c1=O. The van der Waals surface area contributed by atoms with E-state index in [0.717, 1.165) is 17.8 Å². The second-order valence-electron chi connectivity index (χ2n) is 5.24. The van der Waals surface area contributed by atoms with Crippen LogP contribution in [0.15, 0.2) is 52.4 Å². The van der Waals surface area contributed by atoms with Crippen molar-refractivity contribution in [1.82, 2.24) is 9.55 Å². The molecule has 1 aromatic heterocycles. The first-order chi connectivity index (χ1) is 12.0. The average Bonchev–Trinajstić information content (AvgIpc) is 2.60. The third-order valence-corrected chi connectivity index (χ3v) is 4.84. The summed E-state index contributed by atoms with van der Waals surface area (Å²) in [4.78, 5) is 28.8. The van der Waals surface area contributed by atoms with E-state index >= 15 is 0 Å². The molecule has 1 amide bonds. The Morgan fingerprint density at radius 1 is 1.32 bits per heavy atom. The molecule has 8 heteroatoms. The summed E-state index contributed by atoms with van der Waals surface area (Å²) in [6, 6.07) is 10.7. The molecule has 0 unspecified atom stereocenters. The van der Waals surface area contributed by atoms with Gasteiger partial charge in [-0.05, 0) is 30.3 Å². The number of carbonyl (C=O) groups is 1. The lowest BCUT2D eigenvalue weighted by atomic mass is 10.2. The average molecular weight is 378 g/mol. The standard InChI is InChI=1S/C17H13ClFN3O2S/c1-22-16(24)11-4-2-3-5-13(11)21-17(22)25-9-15(23)20-14-8-10(19)6-7-12(14)18/h2-8H,9H2,1H3,(H,20,23). The number of aromatic nitrogens is 2. The molecule has 0 aliphatic rings. The van der Waals surface area contributed by atoms with Crippen molar-refractivity contribution in [3.63, 3.8) is 0 Å². The second kappa shape index (κ2) is 7.25. The predicted octanol–water partition coefficient (Wildman–Crippen LogP) is 3.46. The van der Waals surface area contributed by atoms with Crippen LogP contribution in [0.4, 0.5) is 10.1 Å². The molecule has 2 aromatic carbocycles. The fraction of sp³-hybridized carbons (Fsp3) is 0.118. The van der Waals surface area contributed by atoms with Gasteiger partial charge in [-0.25, -0.2) is 9.37 Å². The normalized spacial score (nSPS) is 10.8. The van der Waals surface area contributed by atoms with Crippen LogP contribution < -0.4 is 10.9 Å². The molecule has 0 saturated carbocycles. The summed E-state index contributed by atoms with van der Waals surface area (Å²) < 4.78 is 14.6. The number of amides is 1. The van der Waals surface area contributed by atoms with E-state index in [9.17, 15) is 14.0 Å². The first-order valence-electron chi connectivity index (χ1n) is 7.29. The molecule has 0 fully saturated rings. The lowest BCUT2D eigenvalue weighted by molar-refractivity contribution is -0.113. The molecular formula is C17H13ClFN3O2S. The summed E-state index contributed by atoms with van der Waals surface area (Å²) >= 11 is 7.04.